The van der Waals surface area contributed by atoms with Crippen LogP contribution in [0.1, 0.15) is 18.4 Å². The van der Waals surface area contributed by atoms with Crippen molar-refractivity contribution in [2.24, 2.45) is 0 Å². The highest BCUT2D eigenvalue weighted by Gasteiger charge is 2.22. The van der Waals surface area contributed by atoms with Gasteiger partial charge in [0.15, 0.2) is 0 Å². The van der Waals surface area contributed by atoms with Gasteiger partial charge in [-0.2, -0.15) is 0 Å². The van der Waals surface area contributed by atoms with Crippen molar-refractivity contribution in [3.8, 4) is 0 Å². The van der Waals surface area contributed by atoms with Crippen LogP contribution in [0.15, 0.2) is 40.8 Å². The van der Waals surface area contributed by atoms with Gasteiger partial charge in [-0.15, -0.1) is 0 Å². The van der Waals surface area contributed by atoms with E-state index in [2.05, 4.69) is 5.32 Å². The molecule has 1 amide bonds. The smallest absolute Gasteiger partial charge is 0.292 e. The van der Waals surface area contributed by atoms with Gasteiger partial charge in [-0.3, -0.25) is 19.8 Å². The minimum Gasteiger partial charge on any atom is -0.465 e. The molecule has 0 unspecified atom stereocenters. The van der Waals surface area contributed by atoms with Crippen molar-refractivity contribution in [2.75, 3.05) is 12.4 Å². The molecule has 23 heavy (non-hydrogen) atoms. The molecular formula is C16H19N3O4. The predicted octanol–water partition coefficient (Wildman–Crippen LogP) is 2.96. The summed E-state index contributed by atoms with van der Waals surface area (Å²) in [4.78, 5) is 24.6. The maximum absolute atomic E-state index is 12.3. The minimum atomic E-state index is -0.518. The molecule has 1 atom stereocenters. The number of carbonyl (C=O) groups is 1. The SMILES string of the molecule is Cc1ccc(CN(C)[C@@H](C)C(=O)Nc2ccccc2[N+](=O)[O-])o1. The van der Waals surface area contributed by atoms with E-state index in [0.29, 0.717) is 6.54 Å². The number of nitrogens with zero attached hydrogens (tertiary/aromatic N) is 2. The highest BCUT2D eigenvalue weighted by molar-refractivity contribution is 5.96. The van der Waals surface area contributed by atoms with Crippen LogP contribution in [0.4, 0.5) is 11.4 Å². The van der Waals surface area contributed by atoms with Crippen molar-refractivity contribution >= 4 is 17.3 Å². The van der Waals surface area contributed by atoms with E-state index in [1.165, 1.54) is 12.1 Å². The van der Waals surface area contributed by atoms with E-state index in [0.717, 1.165) is 11.5 Å². The van der Waals surface area contributed by atoms with Crippen LogP contribution in [-0.2, 0) is 11.3 Å². The summed E-state index contributed by atoms with van der Waals surface area (Å²) in [6, 6.07) is 9.32. The molecule has 1 aromatic heterocycles. The number of hydrogen-bond donors (Lipinski definition) is 1. The van der Waals surface area contributed by atoms with Crippen molar-refractivity contribution in [1.82, 2.24) is 4.90 Å². The van der Waals surface area contributed by atoms with Crippen LogP contribution in [0.3, 0.4) is 0 Å². The van der Waals surface area contributed by atoms with Crippen LogP contribution in [0.2, 0.25) is 0 Å². The Morgan fingerprint density at radius 2 is 2.04 bits per heavy atom. The van der Waals surface area contributed by atoms with Crippen LogP contribution in [0.25, 0.3) is 0 Å². The standard InChI is InChI=1S/C16H19N3O4/c1-11-8-9-13(23-11)10-18(3)12(2)16(20)17-14-6-4-5-7-15(14)19(21)22/h4-9,12H,10H2,1-3H3,(H,17,20)/t12-/m0/s1. The number of benzene rings is 1. The van der Waals surface area contributed by atoms with Crippen molar-refractivity contribution in [1.29, 1.82) is 0 Å². The lowest BCUT2D eigenvalue weighted by Crippen LogP contribution is -2.39. The van der Waals surface area contributed by atoms with E-state index >= 15 is 0 Å². The molecule has 2 aromatic rings. The van der Waals surface area contributed by atoms with Crippen molar-refractivity contribution in [2.45, 2.75) is 26.4 Å². The molecule has 0 radical (unpaired) electrons. The van der Waals surface area contributed by atoms with Gasteiger partial charge in [0.2, 0.25) is 5.91 Å². The number of likely N-dealkylation sites (N-methyl/N-ethyl adjacent to an activating group) is 1. The van der Waals surface area contributed by atoms with Crippen molar-refractivity contribution in [3.63, 3.8) is 0 Å². The van der Waals surface area contributed by atoms with E-state index < -0.39 is 11.0 Å². The number of nitro benzene ring substituents is 1. The second kappa shape index (κ2) is 7.06. The second-order valence-electron chi connectivity index (χ2n) is 5.37. The lowest BCUT2D eigenvalue weighted by Gasteiger charge is -2.22. The molecule has 0 aliphatic heterocycles. The molecule has 1 aromatic carbocycles. The average molecular weight is 317 g/mol. The minimum absolute atomic E-state index is 0.127. The van der Waals surface area contributed by atoms with E-state index in [1.807, 2.05) is 24.0 Å². The number of nitrogens with one attached hydrogen (secondary N) is 1. The third kappa shape index (κ3) is 4.17. The van der Waals surface area contributed by atoms with Gasteiger partial charge < -0.3 is 9.73 Å². The van der Waals surface area contributed by atoms with Gasteiger partial charge in [0.1, 0.15) is 17.2 Å². The lowest BCUT2D eigenvalue weighted by atomic mass is 10.2. The fraction of sp³-hybridized carbons (Fsp3) is 0.312. The molecule has 0 saturated heterocycles. The predicted molar refractivity (Wildman–Crippen MR) is 86.1 cm³/mol. The van der Waals surface area contributed by atoms with Gasteiger partial charge in [0.05, 0.1) is 17.5 Å². The zero-order chi connectivity index (χ0) is 17.0. The van der Waals surface area contributed by atoms with E-state index in [1.54, 1.807) is 26.1 Å². The molecule has 122 valence electrons. The number of carbonyl (C=O) groups excluding carboxylic acids is 1. The van der Waals surface area contributed by atoms with Crippen molar-refractivity contribution in [3.05, 3.63) is 58.0 Å². The Balaban J connectivity index is 2.03. The third-order valence-corrected chi connectivity index (χ3v) is 3.60. The molecule has 0 fully saturated rings. The molecule has 7 heteroatoms. The zero-order valence-corrected chi connectivity index (χ0v) is 13.3. The van der Waals surface area contributed by atoms with E-state index in [9.17, 15) is 14.9 Å². The molecule has 1 heterocycles. The molecule has 0 aliphatic rings. The maximum Gasteiger partial charge on any atom is 0.292 e. The second-order valence-corrected chi connectivity index (χ2v) is 5.37. The van der Waals surface area contributed by atoms with Gasteiger partial charge in [0.25, 0.3) is 5.69 Å². The molecular weight excluding hydrogens is 298 g/mol. The zero-order valence-electron chi connectivity index (χ0n) is 13.3. The summed E-state index contributed by atoms with van der Waals surface area (Å²) in [7, 11) is 1.79. The Hall–Kier alpha value is -2.67. The fourth-order valence-corrected chi connectivity index (χ4v) is 2.13. The molecule has 2 rings (SSSR count). The number of furan rings is 1. The monoisotopic (exact) mass is 317 g/mol. The summed E-state index contributed by atoms with van der Waals surface area (Å²) in [6.07, 6.45) is 0. The molecule has 7 nitrogen and oxygen atoms in total. The molecule has 0 spiro atoms. The average Bonchev–Trinajstić information content (AvgIpc) is 2.91. The first-order valence-electron chi connectivity index (χ1n) is 7.18. The summed E-state index contributed by atoms with van der Waals surface area (Å²) in [5, 5.41) is 13.6. The van der Waals surface area contributed by atoms with Gasteiger partial charge in [-0.05, 0) is 39.1 Å². The van der Waals surface area contributed by atoms with Gasteiger partial charge >= 0.3 is 0 Å². The van der Waals surface area contributed by atoms with Crippen LogP contribution in [0.5, 0.6) is 0 Å². The van der Waals surface area contributed by atoms with Crippen LogP contribution in [-0.4, -0.2) is 28.8 Å². The van der Waals surface area contributed by atoms with Crippen LogP contribution >= 0.6 is 0 Å². The quantitative estimate of drug-likeness (QED) is 0.653. The summed E-state index contributed by atoms with van der Waals surface area (Å²) >= 11 is 0. The van der Waals surface area contributed by atoms with Crippen LogP contribution in [0, 0.1) is 17.0 Å². The Kier molecular flexibility index (Phi) is 5.13. The van der Waals surface area contributed by atoms with E-state index in [-0.39, 0.29) is 17.3 Å². The number of nitro groups is 1. The first-order valence-corrected chi connectivity index (χ1v) is 7.18. The highest BCUT2D eigenvalue weighted by atomic mass is 16.6. The topological polar surface area (TPSA) is 88.6 Å². The first-order chi connectivity index (χ1) is 10.9. The largest absolute Gasteiger partial charge is 0.465 e. The number of hydrogen-bond acceptors (Lipinski definition) is 5. The molecule has 1 N–H and O–H groups in total. The Bertz CT molecular complexity index is 711. The summed E-state index contributed by atoms with van der Waals surface area (Å²) in [6.45, 7) is 4.06. The summed E-state index contributed by atoms with van der Waals surface area (Å²) < 4.78 is 5.49. The lowest BCUT2D eigenvalue weighted by molar-refractivity contribution is -0.383. The fourth-order valence-electron chi connectivity index (χ4n) is 2.13. The van der Waals surface area contributed by atoms with Gasteiger partial charge in [-0.25, -0.2) is 0 Å². The molecule has 0 bridgehead atoms. The Morgan fingerprint density at radius 3 is 2.65 bits per heavy atom. The highest BCUT2D eigenvalue weighted by Crippen LogP contribution is 2.23. The summed E-state index contributed by atoms with van der Waals surface area (Å²) in [5.74, 6) is 1.26. The summed E-state index contributed by atoms with van der Waals surface area (Å²) in [5.41, 5.74) is 0.0638. The number of para-hydroxylation sites is 2. The van der Waals surface area contributed by atoms with Gasteiger partial charge in [-0.1, -0.05) is 12.1 Å². The van der Waals surface area contributed by atoms with Crippen molar-refractivity contribution < 1.29 is 14.1 Å². The first kappa shape index (κ1) is 16.7. The number of aryl methyl sites for hydroxylation is 1. The normalized spacial score (nSPS) is 12.2. The Morgan fingerprint density at radius 1 is 1.35 bits per heavy atom. The molecule has 0 aliphatic carbocycles. The van der Waals surface area contributed by atoms with Crippen LogP contribution < -0.4 is 5.32 Å². The maximum atomic E-state index is 12.3. The molecule has 0 saturated carbocycles. The third-order valence-electron chi connectivity index (χ3n) is 3.60. The number of rotatable bonds is 6. The number of amides is 1. The van der Waals surface area contributed by atoms with E-state index in [4.69, 9.17) is 4.42 Å². The number of anilines is 1. The Labute approximate surface area is 134 Å². The van der Waals surface area contributed by atoms with Gasteiger partial charge in [0, 0.05) is 6.07 Å².